The van der Waals surface area contributed by atoms with Gasteiger partial charge in [-0.25, -0.2) is 4.79 Å². The number of amides is 1. The highest BCUT2D eigenvalue weighted by atomic mass is 16.6. The average molecular weight is 446 g/mol. The van der Waals surface area contributed by atoms with Crippen LogP contribution in [0.25, 0.3) is 11.1 Å². The lowest BCUT2D eigenvalue weighted by molar-refractivity contribution is -0.0337. The molecule has 0 radical (unpaired) electrons. The first-order chi connectivity index (χ1) is 16.1. The minimum absolute atomic E-state index is 0.0178. The second kappa shape index (κ2) is 7.99. The van der Waals surface area contributed by atoms with Crippen molar-refractivity contribution < 1.29 is 19.2 Å². The maximum Gasteiger partial charge on any atom is 0.409 e. The SMILES string of the molecule is O=C(OCC1c2ccccc2-c2ccccc21)N1CCCC(O)(Cc2nc(C3CC3)no2)C1. The summed E-state index contributed by atoms with van der Waals surface area (Å²) in [6.45, 7) is 1.04. The summed E-state index contributed by atoms with van der Waals surface area (Å²) in [7, 11) is 0. The zero-order valence-electron chi connectivity index (χ0n) is 18.4. The lowest BCUT2D eigenvalue weighted by atomic mass is 9.90. The van der Waals surface area contributed by atoms with Gasteiger partial charge in [0.05, 0.1) is 18.6 Å². The quantitative estimate of drug-likeness (QED) is 0.631. The van der Waals surface area contributed by atoms with Gasteiger partial charge in [-0.2, -0.15) is 4.98 Å². The highest BCUT2D eigenvalue weighted by Gasteiger charge is 2.39. The molecule has 3 aromatic rings. The van der Waals surface area contributed by atoms with Crippen molar-refractivity contribution in [3.05, 3.63) is 71.4 Å². The van der Waals surface area contributed by atoms with E-state index in [9.17, 15) is 9.90 Å². The predicted octanol–water partition coefficient (Wildman–Crippen LogP) is 4.27. The van der Waals surface area contributed by atoms with Crippen LogP contribution in [-0.2, 0) is 11.2 Å². The molecule has 1 unspecified atom stereocenters. The van der Waals surface area contributed by atoms with Gasteiger partial charge in [0.25, 0.3) is 0 Å². The van der Waals surface area contributed by atoms with Crippen molar-refractivity contribution in [2.75, 3.05) is 19.7 Å². The Balaban J connectivity index is 1.12. The molecule has 1 atom stereocenters. The molecule has 2 fully saturated rings. The lowest BCUT2D eigenvalue weighted by Crippen LogP contribution is -2.51. The van der Waals surface area contributed by atoms with E-state index in [0.29, 0.717) is 31.2 Å². The number of ether oxygens (including phenoxy) is 1. The smallest absolute Gasteiger partial charge is 0.409 e. The zero-order valence-corrected chi connectivity index (χ0v) is 18.4. The number of rotatable bonds is 5. The molecule has 1 aromatic heterocycles. The van der Waals surface area contributed by atoms with Gasteiger partial charge in [-0.15, -0.1) is 0 Å². The van der Waals surface area contributed by atoms with Crippen molar-refractivity contribution in [1.82, 2.24) is 15.0 Å². The molecule has 2 heterocycles. The van der Waals surface area contributed by atoms with E-state index in [1.165, 1.54) is 22.3 Å². The van der Waals surface area contributed by atoms with Crippen LogP contribution in [0.5, 0.6) is 0 Å². The molecule has 1 aliphatic heterocycles. The van der Waals surface area contributed by atoms with E-state index in [2.05, 4.69) is 34.4 Å². The Bertz CT molecular complexity index is 1140. The Labute approximate surface area is 192 Å². The van der Waals surface area contributed by atoms with Gasteiger partial charge in [-0.3, -0.25) is 0 Å². The first kappa shape index (κ1) is 20.4. The molecule has 1 saturated carbocycles. The number of hydrogen-bond donors (Lipinski definition) is 1. The third-order valence-corrected chi connectivity index (χ3v) is 7.06. The Kier molecular flexibility index (Phi) is 4.94. The molecule has 1 amide bonds. The number of aromatic nitrogens is 2. The summed E-state index contributed by atoms with van der Waals surface area (Å²) in [6, 6.07) is 16.6. The van der Waals surface area contributed by atoms with Gasteiger partial charge in [-0.05, 0) is 47.9 Å². The fraction of sp³-hybridized carbons (Fsp3) is 0.423. The molecule has 0 bridgehead atoms. The molecule has 33 heavy (non-hydrogen) atoms. The number of fused-ring (bicyclic) bond motifs is 3. The molecule has 1 N–H and O–H groups in total. The van der Waals surface area contributed by atoms with Crippen LogP contribution in [0.3, 0.4) is 0 Å². The number of piperidine rings is 1. The molecule has 7 heteroatoms. The summed E-state index contributed by atoms with van der Waals surface area (Å²) in [5.41, 5.74) is 3.68. The molecule has 1 saturated heterocycles. The standard InChI is InChI=1S/C26H27N3O4/c30-25(32-15-22-20-8-3-1-6-18(20)19-7-2-4-9-21(19)22)29-13-5-12-26(31,16-29)14-23-27-24(28-33-23)17-10-11-17/h1-4,6-9,17,22,31H,5,10-16H2. The number of benzene rings is 2. The van der Waals surface area contributed by atoms with Crippen LogP contribution < -0.4 is 0 Å². The number of likely N-dealkylation sites (tertiary alicyclic amines) is 1. The molecule has 2 aromatic carbocycles. The Hall–Kier alpha value is -3.19. The van der Waals surface area contributed by atoms with Crippen molar-refractivity contribution in [1.29, 1.82) is 0 Å². The normalized spacial score (nSPS) is 22.2. The summed E-state index contributed by atoms with van der Waals surface area (Å²) in [4.78, 5) is 19.0. The maximum atomic E-state index is 13.0. The molecule has 7 nitrogen and oxygen atoms in total. The van der Waals surface area contributed by atoms with Gasteiger partial charge in [0.15, 0.2) is 5.82 Å². The topological polar surface area (TPSA) is 88.7 Å². The van der Waals surface area contributed by atoms with Crippen molar-refractivity contribution in [3.8, 4) is 11.1 Å². The summed E-state index contributed by atoms with van der Waals surface area (Å²) in [5, 5.41) is 15.2. The van der Waals surface area contributed by atoms with Crippen molar-refractivity contribution in [3.63, 3.8) is 0 Å². The van der Waals surface area contributed by atoms with Crippen LogP contribution >= 0.6 is 0 Å². The second-order valence-electron chi connectivity index (χ2n) is 9.55. The van der Waals surface area contributed by atoms with Crippen molar-refractivity contribution >= 4 is 6.09 Å². The first-order valence-electron chi connectivity index (χ1n) is 11.7. The molecule has 0 spiro atoms. The van der Waals surface area contributed by atoms with Crippen LogP contribution in [0.4, 0.5) is 4.79 Å². The Morgan fingerprint density at radius 3 is 2.52 bits per heavy atom. The third-order valence-electron chi connectivity index (χ3n) is 7.06. The van der Waals surface area contributed by atoms with Crippen LogP contribution in [-0.4, -0.2) is 51.5 Å². The van der Waals surface area contributed by atoms with Crippen LogP contribution in [0.2, 0.25) is 0 Å². The number of carbonyl (C=O) groups is 1. The van der Waals surface area contributed by atoms with Gasteiger partial charge in [0.1, 0.15) is 6.61 Å². The van der Waals surface area contributed by atoms with E-state index in [0.717, 1.165) is 18.7 Å². The van der Waals surface area contributed by atoms with E-state index in [-0.39, 0.29) is 31.6 Å². The van der Waals surface area contributed by atoms with E-state index in [4.69, 9.17) is 9.26 Å². The predicted molar refractivity (Wildman–Crippen MR) is 121 cm³/mol. The number of hydrogen-bond acceptors (Lipinski definition) is 6. The fourth-order valence-electron chi connectivity index (χ4n) is 5.23. The highest BCUT2D eigenvalue weighted by Crippen LogP contribution is 2.44. The van der Waals surface area contributed by atoms with Crippen LogP contribution in [0.1, 0.15) is 60.4 Å². The number of nitrogens with zero attached hydrogens (tertiary/aromatic N) is 3. The van der Waals surface area contributed by atoms with Crippen molar-refractivity contribution in [2.24, 2.45) is 0 Å². The minimum Gasteiger partial charge on any atom is -0.448 e. The van der Waals surface area contributed by atoms with E-state index < -0.39 is 5.60 Å². The van der Waals surface area contributed by atoms with Gasteiger partial charge < -0.3 is 19.3 Å². The minimum atomic E-state index is -1.09. The third kappa shape index (κ3) is 3.91. The molecular formula is C26H27N3O4. The van der Waals surface area contributed by atoms with E-state index >= 15 is 0 Å². The van der Waals surface area contributed by atoms with E-state index in [1.807, 2.05) is 24.3 Å². The van der Waals surface area contributed by atoms with Crippen LogP contribution in [0, 0.1) is 0 Å². The summed E-state index contributed by atoms with van der Waals surface area (Å²) >= 11 is 0. The van der Waals surface area contributed by atoms with Crippen LogP contribution in [0.15, 0.2) is 53.1 Å². The molecular weight excluding hydrogens is 418 g/mol. The largest absolute Gasteiger partial charge is 0.448 e. The molecule has 170 valence electrons. The molecule has 3 aliphatic rings. The first-order valence-corrected chi connectivity index (χ1v) is 11.7. The maximum absolute atomic E-state index is 13.0. The monoisotopic (exact) mass is 445 g/mol. The lowest BCUT2D eigenvalue weighted by Gasteiger charge is -2.38. The van der Waals surface area contributed by atoms with Gasteiger partial charge in [0, 0.05) is 18.4 Å². The van der Waals surface area contributed by atoms with Gasteiger partial charge >= 0.3 is 6.09 Å². The second-order valence-corrected chi connectivity index (χ2v) is 9.55. The Morgan fingerprint density at radius 1 is 1.12 bits per heavy atom. The fourth-order valence-corrected chi connectivity index (χ4v) is 5.23. The van der Waals surface area contributed by atoms with Gasteiger partial charge in [-0.1, -0.05) is 53.7 Å². The van der Waals surface area contributed by atoms with E-state index in [1.54, 1.807) is 4.90 Å². The summed E-state index contributed by atoms with van der Waals surface area (Å²) in [6.07, 6.45) is 3.34. The molecule has 6 rings (SSSR count). The number of carbonyl (C=O) groups excluding carboxylic acids is 1. The number of aliphatic hydroxyl groups is 1. The number of β-amino-alcohol motifs (C(OH)–C–C–N with tert-alkyl or cyclic N) is 1. The summed E-state index contributed by atoms with van der Waals surface area (Å²) in [5.74, 6) is 1.59. The van der Waals surface area contributed by atoms with Crippen molar-refractivity contribution in [2.45, 2.75) is 49.5 Å². The average Bonchev–Trinajstić information content (AvgIpc) is 3.50. The highest BCUT2D eigenvalue weighted by molar-refractivity contribution is 5.79. The zero-order chi connectivity index (χ0) is 22.4. The summed E-state index contributed by atoms with van der Waals surface area (Å²) < 4.78 is 11.1. The Morgan fingerprint density at radius 2 is 1.82 bits per heavy atom. The van der Waals surface area contributed by atoms with Gasteiger partial charge in [0.2, 0.25) is 5.89 Å². The molecule has 2 aliphatic carbocycles.